The standard InChI is InChI=1S/C20H32N4O/c1-16(15-24-12-10-23(2)11-13-24)14-21-20(25)22-19-9-5-7-17-6-3-4-8-18(17)19/h5,7,9,16H,3-4,6,8,10-15H2,1-2H3,(H2,21,22,25). The van der Waals surface area contributed by atoms with Gasteiger partial charge in [0.05, 0.1) is 0 Å². The van der Waals surface area contributed by atoms with Gasteiger partial charge in [-0.25, -0.2) is 4.79 Å². The molecule has 0 saturated carbocycles. The van der Waals surface area contributed by atoms with E-state index in [9.17, 15) is 4.79 Å². The largest absolute Gasteiger partial charge is 0.338 e. The lowest BCUT2D eigenvalue weighted by atomic mass is 9.90. The van der Waals surface area contributed by atoms with Crippen molar-refractivity contribution in [2.24, 2.45) is 5.92 Å². The Balaban J connectivity index is 1.44. The average Bonchev–Trinajstić information content (AvgIpc) is 2.62. The van der Waals surface area contributed by atoms with Gasteiger partial charge < -0.3 is 20.4 Å². The Morgan fingerprint density at radius 1 is 1.16 bits per heavy atom. The molecule has 5 nitrogen and oxygen atoms in total. The summed E-state index contributed by atoms with van der Waals surface area (Å²) in [6.45, 7) is 8.51. The monoisotopic (exact) mass is 344 g/mol. The van der Waals surface area contributed by atoms with Crippen LogP contribution in [-0.4, -0.2) is 62.1 Å². The second-order valence-corrected chi connectivity index (χ2v) is 7.69. The van der Waals surface area contributed by atoms with Crippen molar-refractivity contribution in [1.82, 2.24) is 15.1 Å². The molecule has 3 rings (SSSR count). The van der Waals surface area contributed by atoms with Crippen LogP contribution in [0.4, 0.5) is 10.5 Å². The van der Waals surface area contributed by atoms with E-state index in [2.05, 4.69) is 46.5 Å². The van der Waals surface area contributed by atoms with Crippen LogP contribution in [0.5, 0.6) is 0 Å². The van der Waals surface area contributed by atoms with Gasteiger partial charge in [0.2, 0.25) is 0 Å². The first-order chi connectivity index (χ1) is 12.1. The highest BCUT2D eigenvalue weighted by molar-refractivity contribution is 5.90. The van der Waals surface area contributed by atoms with Crippen LogP contribution in [0.15, 0.2) is 18.2 Å². The Kier molecular flexibility index (Phi) is 6.32. The number of nitrogens with one attached hydrogen (secondary N) is 2. The Bertz CT molecular complexity index is 581. The number of piperazine rings is 1. The highest BCUT2D eigenvalue weighted by Crippen LogP contribution is 2.27. The minimum absolute atomic E-state index is 0.0794. The molecule has 25 heavy (non-hydrogen) atoms. The lowest BCUT2D eigenvalue weighted by Gasteiger charge is -2.33. The Morgan fingerprint density at radius 3 is 2.72 bits per heavy atom. The fraction of sp³-hybridized carbons (Fsp3) is 0.650. The smallest absolute Gasteiger partial charge is 0.319 e. The van der Waals surface area contributed by atoms with Crippen LogP contribution in [0.1, 0.15) is 30.9 Å². The summed E-state index contributed by atoms with van der Waals surface area (Å²) in [5.41, 5.74) is 3.71. The number of nitrogens with zero attached hydrogens (tertiary/aromatic N) is 2. The number of amides is 2. The van der Waals surface area contributed by atoms with Crippen molar-refractivity contribution in [3.8, 4) is 0 Å². The number of benzene rings is 1. The molecule has 1 aliphatic heterocycles. The second kappa shape index (κ2) is 8.68. The van der Waals surface area contributed by atoms with Gasteiger partial charge in [0, 0.05) is 45.0 Å². The summed E-state index contributed by atoms with van der Waals surface area (Å²) in [7, 11) is 2.18. The minimum atomic E-state index is -0.0794. The molecule has 2 amide bonds. The molecule has 0 aromatic heterocycles. The van der Waals surface area contributed by atoms with E-state index >= 15 is 0 Å². The molecule has 1 atom stereocenters. The quantitative estimate of drug-likeness (QED) is 0.863. The third kappa shape index (κ3) is 5.19. The molecule has 2 N–H and O–H groups in total. The molecule has 1 aromatic carbocycles. The summed E-state index contributed by atoms with van der Waals surface area (Å²) < 4.78 is 0. The zero-order valence-electron chi connectivity index (χ0n) is 15.7. The molecular formula is C20H32N4O. The van der Waals surface area contributed by atoms with E-state index in [0.29, 0.717) is 12.5 Å². The van der Waals surface area contributed by atoms with Crippen molar-refractivity contribution < 1.29 is 4.79 Å². The molecule has 1 heterocycles. The van der Waals surface area contributed by atoms with Crippen LogP contribution >= 0.6 is 0 Å². The third-order valence-corrected chi connectivity index (χ3v) is 5.42. The molecule has 0 radical (unpaired) electrons. The summed E-state index contributed by atoms with van der Waals surface area (Å²) in [5, 5.41) is 6.11. The second-order valence-electron chi connectivity index (χ2n) is 7.69. The lowest BCUT2D eigenvalue weighted by Crippen LogP contribution is -2.47. The number of anilines is 1. The van der Waals surface area contributed by atoms with Gasteiger partial charge >= 0.3 is 6.03 Å². The molecular weight excluding hydrogens is 312 g/mol. The highest BCUT2D eigenvalue weighted by Gasteiger charge is 2.17. The average molecular weight is 345 g/mol. The van der Waals surface area contributed by atoms with E-state index in [0.717, 1.165) is 51.3 Å². The lowest BCUT2D eigenvalue weighted by molar-refractivity contribution is 0.138. The van der Waals surface area contributed by atoms with Gasteiger partial charge in [-0.1, -0.05) is 19.1 Å². The number of carbonyl (C=O) groups excluding carboxylic acids is 1. The predicted octanol–water partition coefficient (Wildman–Crippen LogP) is 2.57. The Hall–Kier alpha value is -1.59. The van der Waals surface area contributed by atoms with Crippen LogP contribution in [0.3, 0.4) is 0 Å². The number of rotatable bonds is 5. The van der Waals surface area contributed by atoms with Crippen LogP contribution < -0.4 is 10.6 Å². The van der Waals surface area contributed by atoms with Crippen molar-refractivity contribution in [2.75, 3.05) is 51.6 Å². The van der Waals surface area contributed by atoms with Crippen LogP contribution in [0.25, 0.3) is 0 Å². The first-order valence-corrected chi connectivity index (χ1v) is 9.68. The first-order valence-electron chi connectivity index (χ1n) is 9.68. The third-order valence-electron chi connectivity index (χ3n) is 5.42. The zero-order valence-corrected chi connectivity index (χ0v) is 15.7. The molecule has 0 bridgehead atoms. The number of hydrogen-bond donors (Lipinski definition) is 2. The predicted molar refractivity (Wildman–Crippen MR) is 103 cm³/mol. The van der Waals surface area contributed by atoms with Gasteiger partial charge in [-0.15, -0.1) is 0 Å². The maximum Gasteiger partial charge on any atom is 0.319 e. The number of hydrogen-bond acceptors (Lipinski definition) is 3. The molecule has 5 heteroatoms. The number of likely N-dealkylation sites (N-methyl/N-ethyl adjacent to an activating group) is 1. The van der Waals surface area contributed by atoms with Gasteiger partial charge in [-0.3, -0.25) is 0 Å². The molecule has 1 unspecified atom stereocenters. The first kappa shape index (κ1) is 18.2. The summed E-state index contributed by atoms with van der Waals surface area (Å²) in [6, 6.07) is 6.19. The van der Waals surface area contributed by atoms with Gasteiger partial charge in [-0.05, 0) is 55.8 Å². The number of aryl methyl sites for hydroxylation is 1. The molecule has 1 fully saturated rings. The van der Waals surface area contributed by atoms with Crippen molar-refractivity contribution in [1.29, 1.82) is 0 Å². The number of fused-ring (bicyclic) bond motifs is 1. The van der Waals surface area contributed by atoms with E-state index in [1.54, 1.807) is 0 Å². The van der Waals surface area contributed by atoms with Gasteiger partial charge in [0.1, 0.15) is 0 Å². The van der Waals surface area contributed by atoms with Crippen molar-refractivity contribution in [2.45, 2.75) is 32.6 Å². The van der Waals surface area contributed by atoms with E-state index in [4.69, 9.17) is 0 Å². The fourth-order valence-electron chi connectivity index (χ4n) is 3.87. The van der Waals surface area contributed by atoms with E-state index in [1.165, 1.54) is 24.0 Å². The van der Waals surface area contributed by atoms with Crippen molar-refractivity contribution in [3.63, 3.8) is 0 Å². The van der Waals surface area contributed by atoms with Crippen molar-refractivity contribution in [3.05, 3.63) is 29.3 Å². The van der Waals surface area contributed by atoms with E-state index in [-0.39, 0.29) is 6.03 Å². The SMILES string of the molecule is CC(CNC(=O)Nc1cccc2c1CCCC2)CN1CCN(C)CC1. The van der Waals surface area contributed by atoms with Crippen LogP contribution in [0, 0.1) is 5.92 Å². The summed E-state index contributed by atoms with van der Waals surface area (Å²) >= 11 is 0. The zero-order chi connectivity index (χ0) is 17.6. The topological polar surface area (TPSA) is 47.6 Å². The summed E-state index contributed by atoms with van der Waals surface area (Å²) in [4.78, 5) is 17.2. The Morgan fingerprint density at radius 2 is 1.92 bits per heavy atom. The molecule has 138 valence electrons. The van der Waals surface area contributed by atoms with Crippen LogP contribution in [-0.2, 0) is 12.8 Å². The molecule has 1 saturated heterocycles. The molecule has 0 spiro atoms. The van der Waals surface area contributed by atoms with E-state index in [1.807, 2.05) is 6.07 Å². The molecule has 2 aliphatic rings. The molecule has 1 aromatic rings. The minimum Gasteiger partial charge on any atom is -0.338 e. The number of urea groups is 1. The summed E-state index contributed by atoms with van der Waals surface area (Å²) in [6.07, 6.45) is 4.68. The summed E-state index contributed by atoms with van der Waals surface area (Å²) in [5.74, 6) is 0.457. The number of carbonyl (C=O) groups is 1. The van der Waals surface area contributed by atoms with Gasteiger partial charge in [0.25, 0.3) is 0 Å². The Labute approximate surface area is 151 Å². The molecule has 1 aliphatic carbocycles. The van der Waals surface area contributed by atoms with Crippen molar-refractivity contribution >= 4 is 11.7 Å². The highest BCUT2D eigenvalue weighted by atomic mass is 16.2. The maximum atomic E-state index is 12.3. The normalized spacial score (nSPS) is 19.9. The van der Waals surface area contributed by atoms with Gasteiger partial charge in [-0.2, -0.15) is 0 Å². The van der Waals surface area contributed by atoms with Crippen LogP contribution in [0.2, 0.25) is 0 Å². The van der Waals surface area contributed by atoms with E-state index < -0.39 is 0 Å². The maximum absolute atomic E-state index is 12.3. The fourth-order valence-corrected chi connectivity index (χ4v) is 3.87. The van der Waals surface area contributed by atoms with Gasteiger partial charge in [0.15, 0.2) is 0 Å².